The fourth-order valence-electron chi connectivity index (χ4n) is 4.75. The molecule has 1 nitrogen and oxygen atoms in total. The van der Waals surface area contributed by atoms with Gasteiger partial charge in [0, 0.05) is 5.56 Å². The molecule has 3 rings (SSSR count). The number of benzene rings is 1. The molecule has 0 aromatic heterocycles. The summed E-state index contributed by atoms with van der Waals surface area (Å²) in [6, 6.07) is 3.52. The molecule has 1 aromatic carbocycles. The summed E-state index contributed by atoms with van der Waals surface area (Å²) in [7, 11) is 0. The molecule has 2 aliphatic carbocycles. The van der Waals surface area contributed by atoms with Gasteiger partial charge in [0.15, 0.2) is 5.82 Å². The SMILES string of the molecule is CCOc1ccc(/C=C/C2CCC(C3CCC(C)CC3)CC2)c(F)c1Cl. The summed E-state index contributed by atoms with van der Waals surface area (Å²) in [5, 5.41) is 0.0873. The molecule has 0 atom stereocenters. The summed E-state index contributed by atoms with van der Waals surface area (Å²) in [4.78, 5) is 0. The van der Waals surface area contributed by atoms with Gasteiger partial charge in [-0.3, -0.25) is 0 Å². The van der Waals surface area contributed by atoms with Crippen LogP contribution < -0.4 is 4.74 Å². The zero-order valence-electron chi connectivity index (χ0n) is 16.1. The van der Waals surface area contributed by atoms with Gasteiger partial charge in [-0.2, -0.15) is 0 Å². The summed E-state index contributed by atoms with van der Waals surface area (Å²) in [6.45, 7) is 4.74. The van der Waals surface area contributed by atoms with Crippen LogP contribution in [0.4, 0.5) is 4.39 Å². The molecular weight excluding hydrogens is 347 g/mol. The van der Waals surface area contributed by atoms with Crippen LogP contribution in [0.25, 0.3) is 6.08 Å². The maximum Gasteiger partial charge on any atom is 0.152 e. The minimum absolute atomic E-state index is 0.0873. The van der Waals surface area contributed by atoms with Crippen LogP contribution in [-0.4, -0.2) is 6.61 Å². The van der Waals surface area contributed by atoms with Crippen molar-refractivity contribution in [1.82, 2.24) is 0 Å². The van der Waals surface area contributed by atoms with Crippen molar-refractivity contribution in [2.45, 2.75) is 65.2 Å². The van der Waals surface area contributed by atoms with Crippen molar-refractivity contribution in [3.63, 3.8) is 0 Å². The summed E-state index contributed by atoms with van der Waals surface area (Å²) >= 11 is 6.08. The van der Waals surface area contributed by atoms with Crippen LogP contribution >= 0.6 is 11.6 Å². The minimum Gasteiger partial charge on any atom is -0.492 e. The second-order valence-electron chi connectivity index (χ2n) is 8.27. The third-order valence-corrected chi connectivity index (χ3v) is 6.82. The van der Waals surface area contributed by atoms with E-state index in [2.05, 4.69) is 13.0 Å². The monoisotopic (exact) mass is 378 g/mol. The van der Waals surface area contributed by atoms with Gasteiger partial charge in [0.2, 0.25) is 0 Å². The van der Waals surface area contributed by atoms with Crippen molar-refractivity contribution in [3.05, 3.63) is 34.6 Å². The highest BCUT2D eigenvalue weighted by molar-refractivity contribution is 6.32. The highest BCUT2D eigenvalue weighted by atomic mass is 35.5. The normalized spacial score (nSPS) is 29.8. The lowest BCUT2D eigenvalue weighted by Crippen LogP contribution is -2.24. The maximum atomic E-state index is 14.4. The van der Waals surface area contributed by atoms with E-state index in [1.165, 1.54) is 51.4 Å². The molecule has 0 spiro atoms. The second kappa shape index (κ2) is 9.26. The van der Waals surface area contributed by atoms with Gasteiger partial charge in [-0.1, -0.05) is 43.5 Å². The third-order valence-electron chi connectivity index (χ3n) is 6.47. The largest absolute Gasteiger partial charge is 0.492 e. The zero-order chi connectivity index (χ0) is 18.5. The highest BCUT2D eigenvalue weighted by Gasteiger charge is 2.29. The number of ether oxygens (including phenoxy) is 1. The van der Waals surface area contributed by atoms with Crippen molar-refractivity contribution >= 4 is 17.7 Å². The molecule has 3 heteroatoms. The Bertz CT molecular complexity index is 611. The van der Waals surface area contributed by atoms with Crippen molar-refractivity contribution in [2.24, 2.45) is 23.7 Å². The van der Waals surface area contributed by atoms with Gasteiger partial charge in [-0.15, -0.1) is 0 Å². The number of rotatable bonds is 5. The molecule has 0 bridgehead atoms. The number of hydrogen-bond donors (Lipinski definition) is 0. The quantitative estimate of drug-likeness (QED) is 0.514. The Kier molecular flexibility index (Phi) is 7.03. The molecule has 0 saturated heterocycles. The van der Waals surface area contributed by atoms with E-state index in [-0.39, 0.29) is 10.8 Å². The first kappa shape index (κ1) is 19.7. The summed E-state index contributed by atoms with van der Waals surface area (Å²) in [5.74, 6) is 3.42. The van der Waals surface area contributed by atoms with Gasteiger partial charge in [0.05, 0.1) is 6.61 Å². The second-order valence-corrected chi connectivity index (χ2v) is 8.65. The lowest BCUT2D eigenvalue weighted by Gasteiger charge is -2.36. The zero-order valence-corrected chi connectivity index (χ0v) is 16.9. The van der Waals surface area contributed by atoms with Crippen LogP contribution in [0.2, 0.25) is 5.02 Å². The number of hydrogen-bond acceptors (Lipinski definition) is 1. The average molecular weight is 379 g/mol. The molecule has 1 aromatic rings. The highest BCUT2D eigenvalue weighted by Crippen LogP contribution is 2.41. The van der Waals surface area contributed by atoms with Gasteiger partial charge in [-0.05, 0) is 81.3 Å². The first-order valence-corrected chi connectivity index (χ1v) is 10.7. The molecule has 0 heterocycles. The summed E-state index contributed by atoms with van der Waals surface area (Å²) in [6.07, 6.45) is 14.9. The Morgan fingerprint density at radius 3 is 2.27 bits per heavy atom. The van der Waals surface area contributed by atoms with Gasteiger partial charge >= 0.3 is 0 Å². The lowest BCUT2D eigenvalue weighted by molar-refractivity contribution is 0.160. The van der Waals surface area contributed by atoms with Gasteiger partial charge < -0.3 is 4.74 Å². The van der Waals surface area contributed by atoms with Crippen molar-refractivity contribution in [1.29, 1.82) is 0 Å². The van der Waals surface area contributed by atoms with Gasteiger partial charge in [-0.25, -0.2) is 4.39 Å². The lowest BCUT2D eigenvalue weighted by atomic mass is 9.69. The fraction of sp³-hybridized carbons (Fsp3) is 0.652. The molecule has 0 aliphatic heterocycles. The average Bonchev–Trinajstić information content (AvgIpc) is 2.66. The smallest absolute Gasteiger partial charge is 0.152 e. The van der Waals surface area contributed by atoms with E-state index in [4.69, 9.17) is 16.3 Å². The van der Waals surface area contributed by atoms with Crippen LogP contribution in [0.3, 0.4) is 0 Å². The standard InChI is InChI=1S/C23H32ClFO/c1-3-26-21-15-14-20(23(25)22(21)24)13-8-17-6-11-19(12-7-17)18-9-4-16(2)5-10-18/h8,13-19H,3-7,9-12H2,1-2H3/b13-8+. The van der Waals surface area contributed by atoms with E-state index >= 15 is 0 Å². The summed E-state index contributed by atoms with van der Waals surface area (Å²) in [5.41, 5.74) is 0.557. The third kappa shape index (κ3) is 4.82. The molecule has 2 saturated carbocycles. The van der Waals surface area contributed by atoms with Gasteiger partial charge in [0.25, 0.3) is 0 Å². The maximum absolute atomic E-state index is 14.4. The molecule has 0 radical (unpaired) electrons. The van der Waals surface area contributed by atoms with Crippen LogP contribution in [0.5, 0.6) is 5.75 Å². The topological polar surface area (TPSA) is 9.23 Å². The Balaban J connectivity index is 1.53. The van der Waals surface area contributed by atoms with Gasteiger partial charge in [0.1, 0.15) is 10.8 Å². The Hall–Kier alpha value is -1.02. The molecule has 144 valence electrons. The molecule has 2 aliphatic rings. The first-order valence-electron chi connectivity index (χ1n) is 10.4. The summed E-state index contributed by atoms with van der Waals surface area (Å²) < 4.78 is 19.8. The molecular formula is C23H32ClFO. The van der Waals surface area contributed by atoms with Crippen LogP contribution in [0.15, 0.2) is 18.2 Å². The Labute approximate surface area is 163 Å². The van der Waals surface area contributed by atoms with E-state index in [9.17, 15) is 4.39 Å². The predicted octanol–water partition coefficient (Wildman–Crippen LogP) is 7.52. The van der Waals surface area contributed by atoms with Crippen molar-refractivity contribution < 1.29 is 9.13 Å². The van der Waals surface area contributed by atoms with Crippen LogP contribution in [0, 0.1) is 29.5 Å². The van der Waals surface area contributed by atoms with Crippen LogP contribution in [-0.2, 0) is 0 Å². The van der Waals surface area contributed by atoms with E-state index < -0.39 is 0 Å². The molecule has 0 amide bonds. The molecule has 0 unspecified atom stereocenters. The molecule has 26 heavy (non-hydrogen) atoms. The van der Waals surface area contributed by atoms with E-state index in [1.807, 2.05) is 13.0 Å². The number of allylic oxidation sites excluding steroid dienone is 1. The Morgan fingerprint density at radius 2 is 1.65 bits per heavy atom. The first-order chi connectivity index (χ1) is 12.6. The van der Waals surface area contributed by atoms with E-state index in [0.29, 0.717) is 23.8 Å². The molecule has 0 N–H and O–H groups in total. The van der Waals surface area contributed by atoms with E-state index in [1.54, 1.807) is 12.1 Å². The molecule has 2 fully saturated rings. The fourth-order valence-corrected chi connectivity index (χ4v) is 4.97. The Morgan fingerprint density at radius 1 is 1.04 bits per heavy atom. The minimum atomic E-state index is -0.376. The number of halogens is 2. The van der Waals surface area contributed by atoms with Crippen molar-refractivity contribution in [2.75, 3.05) is 6.61 Å². The predicted molar refractivity (Wildman–Crippen MR) is 108 cm³/mol. The van der Waals surface area contributed by atoms with Crippen LogP contribution in [0.1, 0.15) is 70.8 Å². The van der Waals surface area contributed by atoms with Crippen molar-refractivity contribution in [3.8, 4) is 5.75 Å². The van der Waals surface area contributed by atoms with E-state index in [0.717, 1.165) is 17.8 Å².